The molecule has 0 spiro atoms. The summed E-state index contributed by atoms with van der Waals surface area (Å²) in [6.07, 6.45) is 6.76. The number of aliphatic imine (C=N–C) groups is 1. The fourth-order valence-electron chi connectivity index (χ4n) is 2.23. The Morgan fingerprint density at radius 1 is 1.50 bits per heavy atom. The molecule has 1 fully saturated rings. The first kappa shape index (κ1) is 12.8. The van der Waals surface area contributed by atoms with Gasteiger partial charge in [0.1, 0.15) is 0 Å². The first-order valence-electron chi connectivity index (χ1n) is 6.47. The van der Waals surface area contributed by atoms with E-state index in [1.165, 1.54) is 25.7 Å². The van der Waals surface area contributed by atoms with Crippen molar-refractivity contribution >= 4 is 5.96 Å². The summed E-state index contributed by atoms with van der Waals surface area (Å²) in [5, 5.41) is 3.34. The van der Waals surface area contributed by atoms with Crippen molar-refractivity contribution in [2.45, 2.75) is 45.2 Å². The van der Waals surface area contributed by atoms with E-state index in [4.69, 9.17) is 5.84 Å². The van der Waals surface area contributed by atoms with E-state index in [9.17, 15) is 0 Å². The third kappa shape index (κ3) is 3.43. The van der Waals surface area contributed by atoms with Gasteiger partial charge in [-0.3, -0.25) is 10.4 Å². The van der Waals surface area contributed by atoms with Crippen molar-refractivity contribution in [2.75, 3.05) is 0 Å². The van der Waals surface area contributed by atoms with E-state index in [2.05, 4.69) is 20.7 Å². The first-order valence-corrected chi connectivity index (χ1v) is 6.47. The van der Waals surface area contributed by atoms with Gasteiger partial charge in [0, 0.05) is 12.2 Å². The van der Waals surface area contributed by atoms with Crippen molar-refractivity contribution in [3.63, 3.8) is 0 Å². The number of pyridine rings is 1. The van der Waals surface area contributed by atoms with Crippen molar-refractivity contribution in [1.82, 2.24) is 15.7 Å². The predicted octanol–water partition coefficient (Wildman–Crippen LogP) is 1.24. The lowest BCUT2D eigenvalue weighted by Gasteiger charge is -2.15. The monoisotopic (exact) mass is 247 g/mol. The Hall–Kier alpha value is -1.62. The number of aromatic nitrogens is 1. The van der Waals surface area contributed by atoms with E-state index in [0.717, 1.165) is 11.3 Å². The maximum atomic E-state index is 5.49. The second-order valence-electron chi connectivity index (χ2n) is 4.70. The van der Waals surface area contributed by atoms with E-state index in [0.29, 0.717) is 18.5 Å². The van der Waals surface area contributed by atoms with Crippen LogP contribution in [0.2, 0.25) is 0 Å². The molecule has 1 aliphatic rings. The van der Waals surface area contributed by atoms with Crippen LogP contribution in [-0.2, 0) is 6.54 Å². The smallest absolute Gasteiger partial charge is 0.206 e. The van der Waals surface area contributed by atoms with Crippen LogP contribution in [0.1, 0.15) is 36.9 Å². The number of guanidine groups is 1. The van der Waals surface area contributed by atoms with Crippen molar-refractivity contribution in [3.05, 3.63) is 29.6 Å². The Kier molecular flexibility index (Phi) is 4.52. The van der Waals surface area contributed by atoms with Gasteiger partial charge in [-0.25, -0.2) is 10.8 Å². The topological polar surface area (TPSA) is 75.3 Å². The van der Waals surface area contributed by atoms with Gasteiger partial charge >= 0.3 is 0 Å². The molecule has 0 bridgehead atoms. The van der Waals surface area contributed by atoms with Crippen molar-refractivity contribution in [3.8, 4) is 0 Å². The van der Waals surface area contributed by atoms with Crippen LogP contribution in [0, 0.1) is 6.92 Å². The zero-order valence-electron chi connectivity index (χ0n) is 10.8. The zero-order chi connectivity index (χ0) is 12.8. The number of nitrogens with two attached hydrogens (primary N) is 1. The van der Waals surface area contributed by atoms with Crippen molar-refractivity contribution < 1.29 is 0 Å². The number of hydrogen-bond donors (Lipinski definition) is 3. The molecule has 5 nitrogen and oxygen atoms in total. The lowest BCUT2D eigenvalue weighted by Crippen LogP contribution is -2.45. The number of nitrogens with zero attached hydrogens (tertiary/aromatic N) is 2. The first-order chi connectivity index (χ1) is 8.79. The van der Waals surface area contributed by atoms with Crippen LogP contribution < -0.4 is 16.6 Å². The average Bonchev–Trinajstić information content (AvgIpc) is 2.89. The van der Waals surface area contributed by atoms with Gasteiger partial charge in [-0.1, -0.05) is 18.9 Å². The summed E-state index contributed by atoms with van der Waals surface area (Å²) >= 11 is 0. The van der Waals surface area contributed by atoms with Crippen LogP contribution in [0.25, 0.3) is 0 Å². The fourth-order valence-corrected chi connectivity index (χ4v) is 2.23. The fraction of sp³-hybridized carbons (Fsp3) is 0.538. The summed E-state index contributed by atoms with van der Waals surface area (Å²) in [5.41, 5.74) is 4.77. The summed E-state index contributed by atoms with van der Waals surface area (Å²) in [5.74, 6) is 6.15. The molecule has 4 N–H and O–H groups in total. The lowest BCUT2D eigenvalue weighted by molar-refractivity contribution is 0.614. The number of hydrogen-bond acceptors (Lipinski definition) is 3. The highest BCUT2D eigenvalue weighted by atomic mass is 15.3. The van der Waals surface area contributed by atoms with E-state index in [1.54, 1.807) is 6.20 Å². The quantitative estimate of drug-likeness (QED) is 0.325. The number of rotatable bonds is 3. The molecular weight excluding hydrogens is 226 g/mol. The third-order valence-corrected chi connectivity index (χ3v) is 3.34. The molecule has 0 atom stereocenters. The van der Waals surface area contributed by atoms with Crippen LogP contribution in [0.3, 0.4) is 0 Å². The van der Waals surface area contributed by atoms with Gasteiger partial charge in [0.15, 0.2) is 0 Å². The molecule has 1 aromatic rings. The van der Waals surface area contributed by atoms with Gasteiger partial charge in [0.2, 0.25) is 5.96 Å². The summed E-state index contributed by atoms with van der Waals surface area (Å²) in [7, 11) is 0. The Balaban J connectivity index is 1.95. The minimum Gasteiger partial charge on any atom is -0.353 e. The molecule has 0 radical (unpaired) electrons. The molecule has 2 rings (SSSR count). The average molecular weight is 247 g/mol. The number of nitrogens with one attached hydrogen (secondary N) is 2. The molecule has 0 aliphatic heterocycles. The maximum absolute atomic E-state index is 5.49. The Morgan fingerprint density at radius 3 is 2.94 bits per heavy atom. The Bertz CT molecular complexity index is 410. The van der Waals surface area contributed by atoms with Gasteiger partial charge in [0.05, 0.1) is 12.2 Å². The molecule has 0 aromatic carbocycles. The molecule has 18 heavy (non-hydrogen) atoms. The minimum absolute atomic E-state index is 0.504. The molecule has 1 heterocycles. The minimum atomic E-state index is 0.504. The highest BCUT2D eigenvalue weighted by Crippen LogP contribution is 2.17. The summed E-state index contributed by atoms with van der Waals surface area (Å²) < 4.78 is 0. The summed E-state index contributed by atoms with van der Waals surface area (Å²) in [6, 6.07) is 4.48. The van der Waals surface area contributed by atoms with E-state index >= 15 is 0 Å². The van der Waals surface area contributed by atoms with E-state index in [-0.39, 0.29) is 0 Å². The maximum Gasteiger partial charge on any atom is 0.206 e. The van der Waals surface area contributed by atoms with Crippen LogP contribution in [0.5, 0.6) is 0 Å². The van der Waals surface area contributed by atoms with Crippen LogP contribution >= 0.6 is 0 Å². The van der Waals surface area contributed by atoms with Crippen LogP contribution in [0.4, 0.5) is 0 Å². The van der Waals surface area contributed by atoms with Gasteiger partial charge in [0.25, 0.3) is 0 Å². The van der Waals surface area contributed by atoms with Crippen molar-refractivity contribution in [2.24, 2.45) is 10.8 Å². The molecule has 98 valence electrons. The molecule has 1 aliphatic carbocycles. The lowest BCUT2D eigenvalue weighted by atomic mass is 10.2. The highest BCUT2D eigenvalue weighted by molar-refractivity contribution is 5.79. The zero-order valence-corrected chi connectivity index (χ0v) is 10.8. The van der Waals surface area contributed by atoms with Gasteiger partial charge in [-0.2, -0.15) is 0 Å². The van der Waals surface area contributed by atoms with E-state index < -0.39 is 0 Å². The summed E-state index contributed by atoms with van der Waals surface area (Å²) in [4.78, 5) is 8.76. The Labute approximate surface area is 108 Å². The molecule has 0 amide bonds. The number of aryl methyl sites for hydroxylation is 1. The normalized spacial score (nSPS) is 16.9. The van der Waals surface area contributed by atoms with Crippen molar-refractivity contribution in [1.29, 1.82) is 0 Å². The molecule has 0 saturated heterocycles. The van der Waals surface area contributed by atoms with E-state index in [1.807, 2.05) is 19.1 Å². The Morgan fingerprint density at radius 2 is 2.28 bits per heavy atom. The molecule has 1 saturated carbocycles. The highest BCUT2D eigenvalue weighted by Gasteiger charge is 2.15. The number of hydrazine groups is 1. The second-order valence-corrected chi connectivity index (χ2v) is 4.70. The molecular formula is C13H21N5. The summed E-state index contributed by atoms with van der Waals surface area (Å²) in [6.45, 7) is 2.59. The molecule has 1 aromatic heterocycles. The predicted molar refractivity (Wildman–Crippen MR) is 72.8 cm³/mol. The molecule has 5 heteroatoms. The standard InChI is InChI=1S/C13H21N5/c1-10-5-4-8-15-12(10)9-16-13(18-14)17-11-6-2-3-7-11/h4-5,8,11H,2-3,6-7,9,14H2,1H3,(H2,16,17,18). The van der Waals surface area contributed by atoms with Crippen LogP contribution in [0.15, 0.2) is 23.3 Å². The second kappa shape index (κ2) is 6.35. The van der Waals surface area contributed by atoms with Gasteiger partial charge in [-0.05, 0) is 31.4 Å². The van der Waals surface area contributed by atoms with Crippen LogP contribution in [-0.4, -0.2) is 17.0 Å². The largest absolute Gasteiger partial charge is 0.353 e. The SMILES string of the molecule is Cc1cccnc1CN=C(NN)NC1CCCC1. The third-order valence-electron chi connectivity index (χ3n) is 3.34. The van der Waals surface area contributed by atoms with Gasteiger partial charge in [-0.15, -0.1) is 0 Å². The molecule has 0 unspecified atom stereocenters. The van der Waals surface area contributed by atoms with Gasteiger partial charge < -0.3 is 5.32 Å².